The van der Waals surface area contributed by atoms with E-state index in [9.17, 15) is 4.79 Å². The highest BCUT2D eigenvalue weighted by Gasteiger charge is 2.10. The van der Waals surface area contributed by atoms with Gasteiger partial charge in [-0.2, -0.15) is 0 Å². The van der Waals surface area contributed by atoms with Gasteiger partial charge in [0, 0.05) is 25.9 Å². The summed E-state index contributed by atoms with van der Waals surface area (Å²) >= 11 is 0. The van der Waals surface area contributed by atoms with Crippen molar-refractivity contribution >= 4 is 16.9 Å². The predicted octanol–water partition coefficient (Wildman–Crippen LogP) is 4.44. The molecule has 0 bridgehead atoms. The molecule has 2 aromatic carbocycles. The van der Waals surface area contributed by atoms with Crippen molar-refractivity contribution in [1.29, 1.82) is 0 Å². The van der Waals surface area contributed by atoms with Crippen molar-refractivity contribution in [2.45, 2.75) is 52.5 Å². The maximum atomic E-state index is 12.1. The minimum absolute atomic E-state index is 0.125. The molecule has 1 amide bonds. The lowest BCUT2D eigenvalue weighted by molar-refractivity contribution is -0.121. The molecule has 1 aromatic heterocycles. The third-order valence-corrected chi connectivity index (χ3v) is 4.84. The average molecular weight is 364 g/mol. The molecule has 3 aromatic rings. The molecule has 0 unspecified atom stereocenters. The van der Waals surface area contributed by atoms with Gasteiger partial charge in [-0.1, -0.05) is 48.9 Å². The Hall–Kier alpha value is -2.62. The predicted molar refractivity (Wildman–Crippen MR) is 111 cm³/mol. The Bertz CT molecular complexity index is 880. The van der Waals surface area contributed by atoms with Crippen LogP contribution < -0.4 is 5.32 Å². The number of benzene rings is 2. The molecule has 1 N–H and O–H groups in total. The van der Waals surface area contributed by atoms with Crippen molar-refractivity contribution in [2.75, 3.05) is 6.54 Å². The highest BCUT2D eigenvalue weighted by molar-refractivity contribution is 5.76. The number of hydrogen-bond donors (Lipinski definition) is 1. The first-order valence-corrected chi connectivity index (χ1v) is 9.93. The Balaban J connectivity index is 1.46. The van der Waals surface area contributed by atoms with Gasteiger partial charge in [0.1, 0.15) is 5.82 Å². The first kappa shape index (κ1) is 19.2. The van der Waals surface area contributed by atoms with Crippen LogP contribution in [0.5, 0.6) is 0 Å². The number of imidazole rings is 1. The lowest BCUT2D eigenvalue weighted by Crippen LogP contribution is -2.26. The van der Waals surface area contributed by atoms with E-state index in [0.29, 0.717) is 13.0 Å². The number of rotatable bonds is 9. The number of aromatic nitrogens is 2. The number of nitrogens with one attached hydrogen (secondary N) is 1. The standard InChI is InChI=1S/C23H29N3O/c1-3-17-26-21-9-5-4-8-20(21)25-22(26)15-16-24-23(27)10-6-7-19-13-11-18(2)12-14-19/h4-5,8-9,11-14H,3,6-7,10,15-17H2,1-2H3,(H,24,27). The van der Waals surface area contributed by atoms with Gasteiger partial charge in [-0.3, -0.25) is 4.79 Å². The van der Waals surface area contributed by atoms with Gasteiger partial charge >= 0.3 is 0 Å². The second kappa shape index (κ2) is 9.36. The van der Waals surface area contributed by atoms with Crippen molar-refractivity contribution in [3.05, 3.63) is 65.5 Å². The van der Waals surface area contributed by atoms with Gasteiger partial charge in [0.15, 0.2) is 0 Å². The Kier molecular flexibility index (Phi) is 6.64. The lowest BCUT2D eigenvalue weighted by atomic mass is 10.1. The van der Waals surface area contributed by atoms with E-state index in [-0.39, 0.29) is 5.91 Å². The maximum absolute atomic E-state index is 12.1. The van der Waals surface area contributed by atoms with Crippen LogP contribution in [0.4, 0.5) is 0 Å². The number of carbonyl (C=O) groups excluding carboxylic acids is 1. The van der Waals surface area contributed by atoms with Crippen LogP contribution in [0.1, 0.15) is 43.1 Å². The number of hydrogen-bond acceptors (Lipinski definition) is 2. The number of nitrogens with zero attached hydrogens (tertiary/aromatic N) is 2. The molecule has 0 radical (unpaired) electrons. The van der Waals surface area contributed by atoms with Crippen molar-refractivity contribution in [3.8, 4) is 0 Å². The average Bonchev–Trinajstić information content (AvgIpc) is 3.01. The fourth-order valence-electron chi connectivity index (χ4n) is 3.40. The fourth-order valence-corrected chi connectivity index (χ4v) is 3.40. The van der Waals surface area contributed by atoms with Crippen LogP contribution >= 0.6 is 0 Å². The van der Waals surface area contributed by atoms with Crippen LogP contribution in [0, 0.1) is 6.92 Å². The second-order valence-corrected chi connectivity index (χ2v) is 7.11. The van der Waals surface area contributed by atoms with Crippen molar-refractivity contribution in [2.24, 2.45) is 0 Å². The molecule has 3 rings (SSSR count). The molecule has 4 heteroatoms. The minimum atomic E-state index is 0.125. The van der Waals surface area contributed by atoms with Gasteiger partial charge in [-0.25, -0.2) is 4.98 Å². The van der Waals surface area contributed by atoms with E-state index in [1.807, 2.05) is 6.07 Å². The summed E-state index contributed by atoms with van der Waals surface area (Å²) in [5.74, 6) is 1.18. The molecular formula is C23H29N3O. The van der Waals surface area contributed by atoms with Crippen molar-refractivity contribution in [1.82, 2.24) is 14.9 Å². The molecule has 0 aliphatic heterocycles. The zero-order chi connectivity index (χ0) is 19.1. The van der Waals surface area contributed by atoms with E-state index in [0.717, 1.165) is 43.6 Å². The van der Waals surface area contributed by atoms with Gasteiger partial charge in [0.2, 0.25) is 5.91 Å². The van der Waals surface area contributed by atoms with Gasteiger partial charge in [-0.15, -0.1) is 0 Å². The first-order chi connectivity index (χ1) is 13.2. The summed E-state index contributed by atoms with van der Waals surface area (Å²) in [6, 6.07) is 16.8. The van der Waals surface area contributed by atoms with Crippen LogP contribution in [0.2, 0.25) is 0 Å². The topological polar surface area (TPSA) is 46.9 Å². The molecule has 4 nitrogen and oxygen atoms in total. The summed E-state index contributed by atoms with van der Waals surface area (Å²) in [5.41, 5.74) is 4.77. The van der Waals surface area contributed by atoms with E-state index >= 15 is 0 Å². The molecule has 0 saturated heterocycles. The quantitative estimate of drug-likeness (QED) is 0.611. The Morgan fingerprint density at radius 3 is 2.63 bits per heavy atom. The lowest BCUT2D eigenvalue weighted by Gasteiger charge is -2.09. The van der Waals surface area contributed by atoms with Crippen molar-refractivity contribution < 1.29 is 4.79 Å². The molecule has 0 aliphatic carbocycles. The first-order valence-electron chi connectivity index (χ1n) is 9.93. The van der Waals surface area contributed by atoms with Gasteiger partial charge < -0.3 is 9.88 Å². The molecule has 0 aliphatic rings. The molecule has 142 valence electrons. The van der Waals surface area contributed by atoms with Crippen LogP contribution in [0.15, 0.2) is 48.5 Å². The molecule has 0 spiro atoms. The number of para-hydroxylation sites is 2. The van der Waals surface area contributed by atoms with Gasteiger partial charge in [-0.05, 0) is 43.9 Å². The SMILES string of the molecule is CCCn1c(CCNC(=O)CCCc2ccc(C)cc2)nc2ccccc21. The highest BCUT2D eigenvalue weighted by atomic mass is 16.1. The third kappa shape index (κ3) is 5.19. The molecular weight excluding hydrogens is 334 g/mol. The Morgan fingerprint density at radius 2 is 1.85 bits per heavy atom. The number of carbonyl (C=O) groups is 1. The summed E-state index contributed by atoms with van der Waals surface area (Å²) in [4.78, 5) is 16.9. The largest absolute Gasteiger partial charge is 0.356 e. The van der Waals surface area contributed by atoms with Gasteiger partial charge in [0.05, 0.1) is 11.0 Å². The molecule has 0 fully saturated rings. The van der Waals surface area contributed by atoms with Crippen LogP contribution in [0.25, 0.3) is 11.0 Å². The minimum Gasteiger partial charge on any atom is -0.356 e. The molecule has 0 saturated carbocycles. The van der Waals surface area contributed by atoms with Crippen molar-refractivity contribution in [3.63, 3.8) is 0 Å². The Morgan fingerprint density at radius 1 is 1.07 bits per heavy atom. The van der Waals surface area contributed by atoms with E-state index in [1.165, 1.54) is 16.6 Å². The summed E-state index contributed by atoms with van der Waals surface area (Å²) in [5, 5.41) is 3.05. The molecule has 1 heterocycles. The molecule has 27 heavy (non-hydrogen) atoms. The Labute approximate surface area is 161 Å². The zero-order valence-electron chi connectivity index (χ0n) is 16.4. The number of fused-ring (bicyclic) bond motifs is 1. The third-order valence-electron chi connectivity index (χ3n) is 4.84. The highest BCUT2D eigenvalue weighted by Crippen LogP contribution is 2.16. The number of aryl methyl sites for hydroxylation is 3. The van der Waals surface area contributed by atoms with E-state index in [2.05, 4.69) is 66.2 Å². The smallest absolute Gasteiger partial charge is 0.220 e. The fraction of sp³-hybridized carbons (Fsp3) is 0.391. The normalized spacial score (nSPS) is 11.0. The maximum Gasteiger partial charge on any atom is 0.220 e. The zero-order valence-corrected chi connectivity index (χ0v) is 16.4. The number of amides is 1. The monoisotopic (exact) mass is 363 g/mol. The second-order valence-electron chi connectivity index (χ2n) is 7.11. The summed E-state index contributed by atoms with van der Waals surface area (Å²) in [6.45, 7) is 5.86. The van der Waals surface area contributed by atoms with Crippen LogP contribution in [0.3, 0.4) is 0 Å². The van der Waals surface area contributed by atoms with E-state index in [4.69, 9.17) is 4.98 Å². The van der Waals surface area contributed by atoms with E-state index in [1.54, 1.807) is 0 Å². The van der Waals surface area contributed by atoms with Crippen LogP contribution in [-0.4, -0.2) is 22.0 Å². The van der Waals surface area contributed by atoms with E-state index < -0.39 is 0 Å². The van der Waals surface area contributed by atoms with Crippen LogP contribution in [-0.2, 0) is 24.2 Å². The summed E-state index contributed by atoms with van der Waals surface area (Å²) in [6.07, 6.45) is 4.22. The van der Waals surface area contributed by atoms with Gasteiger partial charge in [0.25, 0.3) is 0 Å². The summed E-state index contributed by atoms with van der Waals surface area (Å²) in [7, 11) is 0. The summed E-state index contributed by atoms with van der Waals surface area (Å²) < 4.78 is 2.28. The molecule has 0 atom stereocenters.